The Bertz CT molecular complexity index is 1650. The summed E-state index contributed by atoms with van der Waals surface area (Å²) in [5, 5.41) is 44.1. The topological polar surface area (TPSA) is 134 Å². The molecular weight excluding hydrogens is 512 g/mol. The van der Waals surface area contributed by atoms with Crippen LogP contribution in [-0.4, -0.2) is 46.2 Å². The van der Waals surface area contributed by atoms with Gasteiger partial charge in [-0.05, 0) is 71.5 Å². The summed E-state index contributed by atoms with van der Waals surface area (Å²) in [5.74, 6) is -3.10. The number of phenolic OH excluding ortho intramolecular Hbond substituents is 4. The molecule has 0 amide bonds. The molecule has 6 rings (SSSR count). The monoisotopic (exact) mass is 538 g/mol. The average molecular weight is 539 g/mol. The number of ether oxygens (including phenoxy) is 2. The van der Waals surface area contributed by atoms with Gasteiger partial charge in [0.1, 0.15) is 34.5 Å². The summed E-state index contributed by atoms with van der Waals surface area (Å²) < 4.78 is 10.9. The van der Waals surface area contributed by atoms with Gasteiger partial charge in [-0.1, -0.05) is 12.1 Å². The van der Waals surface area contributed by atoms with Gasteiger partial charge in [0.2, 0.25) is 11.6 Å². The van der Waals surface area contributed by atoms with Gasteiger partial charge >= 0.3 is 0 Å². The predicted octanol–water partition coefficient (Wildman–Crippen LogP) is 5.20. The van der Waals surface area contributed by atoms with Crippen LogP contribution in [0.25, 0.3) is 0 Å². The maximum atomic E-state index is 13.8. The van der Waals surface area contributed by atoms with Gasteiger partial charge in [-0.3, -0.25) is 9.59 Å². The van der Waals surface area contributed by atoms with E-state index >= 15 is 0 Å². The van der Waals surface area contributed by atoms with Crippen molar-refractivity contribution in [3.05, 3.63) is 104 Å². The Labute approximate surface area is 229 Å². The van der Waals surface area contributed by atoms with Crippen LogP contribution in [0.1, 0.15) is 77.1 Å². The minimum Gasteiger partial charge on any atom is -0.507 e. The first-order valence-corrected chi connectivity index (χ1v) is 12.6. The quantitative estimate of drug-likeness (QED) is 0.280. The average Bonchev–Trinajstić information content (AvgIpc) is 2.88. The van der Waals surface area contributed by atoms with Crippen LogP contribution in [0.4, 0.5) is 0 Å². The molecule has 0 saturated heterocycles. The number of fused-ring (bicyclic) bond motifs is 4. The van der Waals surface area contributed by atoms with Crippen LogP contribution in [-0.2, 0) is 0 Å². The number of rotatable bonds is 3. The third-order valence-electron chi connectivity index (χ3n) is 7.88. The van der Waals surface area contributed by atoms with Crippen molar-refractivity contribution in [1.29, 1.82) is 0 Å². The Hall–Kier alpha value is -4.98. The second-order valence-electron chi connectivity index (χ2n) is 10.3. The number of benzene rings is 4. The second kappa shape index (κ2) is 8.77. The first-order chi connectivity index (χ1) is 19.0. The van der Waals surface area contributed by atoms with Crippen LogP contribution < -0.4 is 9.47 Å². The van der Waals surface area contributed by atoms with E-state index in [9.17, 15) is 30.0 Å². The number of methoxy groups -OCH3 is 2. The van der Waals surface area contributed by atoms with Crippen molar-refractivity contribution in [3.8, 4) is 34.5 Å². The van der Waals surface area contributed by atoms with E-state index < -0.39 is 23.4 Å². The molecule has 0 spiro atoms. The van der Waals surface area contributed by atoms with Crippen LogP contribution in [0.3, 0.4) is 0 Å². The second-order valence-corrected chi connectivity index (χ2v) is 10.3. The van der Waals surface area contributed by atoms with Gasteiger partial charge in [0.25, 0.3) is 0 Å². The smallest absolute Gasteiger partial charge is 0.201 e. The zero-order valence-corrected chi connectivity index (χ0v) is 22.2. The van der Waals surface area contributed by atoms with Gasteiger partial charge in [0.05, 0.1) is 36.5 Å². The minimum atomic E-state index is -0.757. The fourth-order valence-corrected chi connectivity index (χ4v) is 6.34. The standard InChI is InChI=1S/C32H26O8/c1-13-5-17-25(19-9-15(39-3)11-23(35)29(19)31(37)27(17)21(33)7-13)26-18-6-14(2)8-22(34)28(18)32(38)30-20(26)10-16(40-4)12-24(30)36/h5-12,25-26,33-36H,1-4H3/t25-,26-/m1/s1. The number of carbonyl (C=O) groups is 2. The van der Waals surface area contributed by atoms with Crippen LogP contribution in [0.2, 0.25) is 0 Å². The molecule has 0 unspecified atom stereocenters. The van der Waals surface area contributed by atoms with E-state index in [1.54, 1.807) is 38.1 Å². The van der Waals surface area contributed by atoms with Crippen molar-refractivity contribution in [3.63, 3.8) is 0 Å². The van der Waals surface area contributed by atoms with Gasteiger partial charge in [0, 0.05) is 24.0 Å². The fraction of sp³-hybridized carbons (Fsp3) is 0.188. The molecule has 0 aromatic heterocycles. The Kier molecular flexibility index (Phi) is 5.55. The highest BCUT2D eigenvalue weighted by Crippen LogP contribution is 2.56. The zero-order chi connectivity index (χ0) is 28.6. The summed E-state index contributed by atoms with van der Waals surface area (Å²) in [4.78, 5) is 27.6. The molecule has 2 aliphatic carbocycles. The molecule has 202 valence electrons. The van der Waals surface area contributed by atoms with E-state index in [-0.39, 0.29) is 45.3 Å². The number of ketones is 2. The lowest BCUT2D eigenvalue weighted by molar-refractivity contribution is 0.101. The molecular formula is C32H26O8. The molecule has 0 heterocycles. The normalized spacial score (nSPS) is 17.0. The Morgan fingerprint density at radius 2 is 0.800 bits per heavy atom. The molecule has 8 heteroatoms. The van der Waals surface area contributed by atoms with Crippen molar-refractivity contribution >= 4 is 11.6 Å². The van der Waals surface area contributed by atoms with Crippen molar-refractivity contribution < 1.29 is 39.5 Å². The molecule has 0 radical (unpaired) electrons. The predicted molar refractivity (Wildman–Crippen MR) is 146 cm³/mol. The van der Waals surface area contributed by atoms with Gasteiger partial charge in [-0.2, -0.15) is 0 Å². The molecule has 4 aromatic carbocycles. The summed E-state index contributed by atoms with van der Waals surface area (Å²) in [6.07, 6.45) is 0. The lowest BCUT2D eigenvalue weighted by Crippen LogP contribution is -2.30. The maximum absolute atomic E-state index is 13.8. The SMILES string of the molecule is COc1cc(O)c2c(c1)[C@H]([C@@H]1c3cc(C)cc(O)c3C(=O)c3c(O)cc(OC)cc31)c1cc(C)cc(O)c1C2=O. The van der Waals surface area contributed by atoms with E-state index in [2.05, 4.69) is 0 Å². The Morgan fingerprint density at radius 1 is 0.500 bits per heavy atom. The molecule has 2 atom stereocenters. The molecule has 0 saturated carbocycles. The van der Waals surface area contributed by atoms with E-state index in [0.717, 1.165) is 0 Å². The van der Waals surface area contributed by atoms with Gasteiger partial charge in [-0.15, -0.1) is 0 Å². The lowest BCUT2D eigenvalue weighted by atomic mass is 9.63. The molecule has 4 aromatic rings. The van der Waals surface area contributed by atoms with Crippen LogP contribution in [0.5, 0.6) is 34.5 Å². The number of aromatic hydroxyl groups is 4. The molecule has 8 nitrogen and oxygen atoms in total. The third kappa shape index (κ3) is 3.45. The highest BCUT2D eigenvalue weighted by Gasteiger charge is 2.46. The van der Waals surface area contributed by atoms with Crippen LogP contribution in [0, 0.1) is 13.8 Å². The fourth-order valence-electron chi connectivity index (χ4n) is 6.34. The van der Waals surface area contributed by atoms with Crippen LogP contribution >= 0.6 is 0 Å². The summed E-state index contributed by atoms with van der Waals surface area (Å²) in [7, 11) is 2.89. The maximum Gasteiger partial charge on any atom is 0.201 e. The summed E-state index contributed by atoms with van der Waals surface area (Å²) in [6.45, 7) is 3.58. The number of hydrogen-bond donors (Lipinski definition) is 4. The van der Waals surface area contributed by atoms with Crippen molar-refractivity contribution in [2.24, 2.45) is 0 Å². The minimum absolute atomic E-state index is 0.00134. The summed E-state index contributed by atoms with van der Waals surface area (Å²) >= 11 is 0. The van der Waals surface area contributed by atoms with Gasteiger partial charge in [-0.25, -0.2) is 0 Å². The van der Waals surface area contributed by atoms with Crippen LogP contribution in [0.15, 0.2) is 48.5 Å². The first-order valence-electron chi connectivity index (χ1n) is 12.6. The van der Waals surface area contributed by atoms with Crippen molar-refractivity contribution in [2.45, 2.75) is 25.7 Å². The number of hydrogen-bond acceptors (Lipinski definition) is 8. The summed E-state index contributed by atoms with van der Waals surface area (Å²) in [6, 6.07) is 12.5. The Morgan fingerprint density at radius 3 is 1.12 bits per heavy atom. The zero-order valence-electron chi connectivity index (χ0n) is 22.2. The molecule has 0 fully saturated rings. The van der Waals surface area contributed by atoms with Gasteiger partial charge in [0.15, 0.2) is 0 Å². The molecule has 4 N–H and O–H groups in total. The number of aryl methyl sites for hydroxylation is 2. The molecule has 2 aliphatic rings. The lowest BCUT2D eigenvalue weighted by Gasteiger charge is -2.39. The molecule has 0 bridgehead atoms. The van der Waals surface area contributed by atoms with Crippen molar-refractivity contribution in [2.75, 3.05) is 14.2 Å². The van der Waals surface area contributed by atoms with E-state index in [1.165, 1.54) is 38.5 Å². The number of phenols is 4. The third-order valence-corrected chi connectivity index (χ3v) is 7.88. The molecule has 0 aliphatic heterocycles. The number of carbonyl (C=O) groups excluding carboxylic acids is 2. The highest BCUT2D eigenvalue weighted by atomic mass is 16.5. The molecule has 40 heavy (non-hydrogen) atoms. The first kappa shape index (κ1) is 25.3. The summed E-state index contributed by atoms with van der Waals surface area (Å²) in [5.41, 5.74) is 3.24. The Balaban J connectivity index is 1.80. The van der Waals surface area contributed by atoms with E-state index in [0.29, 0.717) is 44.9 Å². The van der Waals surface area contributed by atoms with E-state index in [1.807, 2.05) is 0 Å². The van der Waals surface area contributed by atoms with E-state index in [4.69, 9.17) is 9.47 Å². The largest absolute Gasteiger partial charge is 0.507 e. The van der Waals surface area contributed by atoms with Crippen molar-refractivity contribution in [1.82, 2.24) is 0 Å². The highest BCUT2D eigenvalue weighted by molar-refractivity contribution is 6.18. The van der Waals surface area contributed by atoms with Gasteiger partial charge < -0.3 is 29.9 Å².